The van der Waals surface area contributed by atoms with Gasteiger partial charge in [0.2, 0.25) is 10.0 Å². The maximum Gasteiger partial charge on any atom is 0.260 e. The zero-order chi connectivity index (χ0) is 26.3. The van der Waals surface area contributed by atoms with Crippen molar-refractivity contribution >= 4 is 38.6 Å². The van der Waals surface area contributed by atoms with Crippen LogP contribution in [0.4, 0.5) is 5.69 Å². The third-order valence-corrected chi connectivity index (χ3v) is 6.73. The van der Waals surface area contributed by atoms with Crippen LogP contribution in [0.25, 0.3) is 10.8 Å². The number of rotatable bonds is 10. The molecule has 0 heterocycles. The van der Waals surface area contributed by atoms with Crippen LogP contribution in [-0.2, 0) is 21.4 Å². The fraction of sp³-hybridized carbons (Fsp3) is 0.143. The molecule has 1 N–H and O–H groups in total. The Morgan fingerprint density at radius 3 is 2.43 bits per heavy atom. The lowest BCUT2D eigenvalue weighted by molar-refractivity contribution is -0.119. The SMILES string of the molecule is COc1cccc(N(CC(=O)N/N=C\c2ccc(OCc3cccc4ccccc34)cc2)S(C)(=O)=O)c1. The number of nitrogens with one attached hydrogen (secondary N) is 1. The molecule has 0 radical (unpaired) electrons. The van der Waals surface area contributed by atoms with Gasteiger partial charge in [-0.3, -0.25) is 9.10 Å². The summed E-state index contributed by atoms with van der Waals surface area (Å²) in [5.41, 5.74) is 4.53. The van der Waals surface area contributed by atoms with Crippen LogP contribution < -0.4 is 19.2 Å². The Hall–Kier alpha value is -4.37. The Bertz CT molecular complexity index is 1510. The van der Waals surface area contributed by atoms with Crippen LogP contribution in [0, 0.1) is 0 Å². The second-order valence-electron chi connectivity index (χ2n) is 8.26. The number of hydrazone groups is 1. The van der Waals surface area contributed by atoms with Crippen molar-refractivity contribution in [1.29, 1.82) is 0 Å². The molecule has 4 rings (SSSR count). The Morgan fingerprint density at radius 2 is 1.68 bits per heavy atom. The van der Waals surface area contributed by atoms with E-state index in [0.717, 1.165) is 27.1 Å². The molecule has 0 spiro atoms. The van der Waals surface area contributed by atoms with Crippen molar-refractivity contribution < 1.29 is 22.7 Å². The van der Waals surface area contributed by atoms with Crippen molar-refractivity contribution in [3.63, 3.8) is 0 Å². The molecular weight excluding hydrogens is 490 g/mol. The molecular formula is C28H27N3O5S. The molecule has 9 heteroatoms. The van der Waals surface area contributed by atoms with Gasteiger partial charge in [0, 0.05) is 6.07 Å². The van der Waals surface area contributed by atoms with Crippen molar-refractivity contribution in [3.8, 4) is 11.5 Å². The van der Waals surface area contributed by atoms with E-state index < -0.39 is 22.5 Å². The van der Waals surface area contributed by atoms with Crippen LogP contribution in [0.3, 0.4) is 0 Å². The highest BCUT2D eigenvalue weighted by molar-refractivity contribution is 7.92. The van der Waals surface area contributed by atoms with Gasteiger partial charge in [-0.1, -0.05) is 48.5 Å². The second-order valence-corrected chi connectivity index (χ2v) is 10.2. The van der Waals surface area contributed by atoms with E-state index in [9.17, 15) is 13.2 Å². The van der Waals surface area contributed by atoms with Gasteiger partial charge >= 0.3 is 0 Å². The maximum atomic E-state index is 12.4. The van der Waals surface area contributed by atoms with Gasteiger partial charge in [-0.25, -0.2) is 13.8 Å². The highest BCUT2D eigenvalue weighted by atomic mass is 32.2. The molecule has 0 aliphatic heterocycles. The van der Waals surface area contributed by atoms with Gasteiger partial charge in [0.05, 0.1) is 25.3 Å². The summed E-state index contributed by atoms with van der Waals surface area (Å²) in [5.74, 6) is 0.602. The lowest BCUT2D eigenvalue weighted by Gasteiger charge is -2.21. The predicted molar refractivity (Wildman–Crippen MR) is 146 cm³/mol. The van der Waals surface area contributed by atoms with Gasteiger partial charge in [-0.15, -0.1) is 0 Å². The number of ether oxygens (including phenoxy) is 2. The lowest BCUT2D eigenvalue weighted by Crippen LogP contribution is -2.39. The number of carbonyl (C=O) groups is 1. The first-order valence-corrected chi connectivity index (χ1v) is 13.3. The van der Waals surface area contributed by atoms with Gasteiger partial charge in [0.25, 0.3) is 5.91 Å². The molecule has 0 fully saturated rings. The number of hydrogen-bond acceptors (Lipinski definition) is 6. The van der Waals surface area contributed by atoms with Gasteiger partial charge in [-0.2, -0.15) is 5.10 Å². The van der Waals surface area contributed by atoms with Crippen molar-refractivity contribution in [3.05, 3.63) is 102 Å². The topological polar surface area (TPSA) is 97.3 Å². The van der Waals surface area contributed by atoms with Crippen molar-refractivity contribution in [2.75, 3.05) is 24.2 Å². The molecule has 0 aliphatic rings. The zero-order valence-corrected chi connectivity index (χ0v) is 21.3. The number of fused-ring (bicyclic) bond motifs is 1. The zero-order valence-electron chi connectivity index (χ0n) is 20.5. The van der Waals surface area contributed by atoms with E-state index >= 15 is 0 Å². The highest BCUT2D eigenvalue weighted by Gasteiger charge is 2.21. The first-order valence-electron chi connectivity index (χ1n) is 11.5. The Labute approximate surface area is 216 Å². The number of nitrogens with zero attached hydrogens (tertiary/aromatic N) is 2. The maximum absolute atomic E-state index is 12.4. The minimum absolute atomic E-state index is 0.320. The molecule has 8 nitrogen and oxygen atoms in total. The van der Waals surface area contributed by atoms with E-state index in [0.29, 0.717) is 23.8 Å². The lowest BCUT2D eigenvalue weighted by atomic mass is 10.1. The molecule has 190 valence electrons. The molecule has 4 aromatic rings. The molecule has 4 aromatic carbocycles. The number of methoxy groups -OCH3 is 1. The molecule has 0 saturated carbocycles. The van der Waals surface area contributed by atoms with Crippen LogP contribution >= 0.6 is 0 Å². The minimum atomic E-state index is -3.71. The number of carbonyl (C=O) groups excluding carboxylic acids is 1. The Kier molecular flexibility index (Phi) is 8.05. The molecule has 0 aliphatic carbocycles. The summed E-state index contributed by atoms with van der Waals surface area (Å²) in [7, 11) is -2.23. The van der Waals surface area contributed by atoms with Gasteiger partial charge in [-0.05, 0) is 58.3 Å². The van der Waals surface area contributed by atoms with E-state index in [-0.39, 0.29) is 0 Å². The van der Waals surface area contributed by atoms with Gasteiger partial charge in [0.1, 0.15) is 24.7 Å². The number of hydrogen-bond donors (Lipinski definition) is 1. The molecule has 0 unspecified atom stereocenters. The van der Waals surface area contributed by atoms with Crippen molar-refractivity contribution in [1.82, 2.24) is 5.43 Å². The fourth-order valence-corrected chi connectivity index (χ4v) is 4.59. The van der Waals surface area contributed by atoms with Crippen LogP contribution in [-0.4, -0.2) is 40.4 Å². The third kappa shape index (κ3) is 6.86. The van der Waals surface area contributed by atoms with Gasteiger partial charge < -0.3 is 9.47 Å². The van der Waals surface area contributed by atoms with Crippen molar-refractivity contribution in [2.24, 2.45) is 5.10 Å². The van der Waals surface area contributed by atoms with Crippen LogP contribution in [0.15, 0.2) is 96.1 Å². The summed E-state index contributed by atoms with van der Waals surface area (Å²) in [4.78, 5) is 12.4. The number of anilines is 1. The van der Waals surface area contributed by atoms with Crippen LogP contribution in [0.2, 0.25) is 0 Å². The van der Waals surface area contributed by atoms with E-state index in [1.54, 1.807) is 24.3 Å². The fourth-order valence-electron chi connectivity index (χ4n) is 3.74. The summed E-state index contributed by atoms with van der Waals surface area (Å²) in [6.07, 6.45) is 2.51. The summed E-state index contributed by atoms with van der Waals surface area (Å²) in [5, 5.41) is 6.27. The standard InChI is InChI=1S/C28H27N3O5S/c1-35-26-11-6-10-24(17-26)31(37(2,33)34)19-28(32)30-29-18-21-13-15-25(16-14-21)36-20-23-9-5-8-22-7-3-4-12-27(22)23/h3-18H,19-20H2,1-2H3,(H,30,32)/b29-18-. The molecule has 0 bridgehead atoms. The summed E-state index contributed by atoms with van der Waals surface area (Å²) in [6, 6.07) is 28.0. The highest BCUT2D eigenvalue weighted by Crippen LogP contribution is 2.23. The summed E-state index contributed by atoms with van der Waals surface area (Å²) >= 11 is 0. The average Bonchev–Trinajstić information content (AvgIpc) is 2.90. The molecule has 37 heavy (non-hydrogen) atoms. The van der Waals surface area contributed by atoms with E-state index in [4.69, 9.17) is 9.47 Å². The predicted octanol–water partition coefficient (Wildman–Crippen LogP) is 4.34. The molecule has 0 atom stereocenters. The van der Waals surface area contributed by atoms with E-state index in [1.165, 1.54) is 18.7 Å². The Balaban J connectivity index is 1.33. The third-order valence-electron chi connectivity index (χ3n) is 5.59. The molecule has 0 aromatic heterocycles. The Morgan fingerprint density at radius 1 is 0.946 bits per heavy atom. The first kappa shape index (κ1) is 25.7. The number of sulfonamides is 1. The number of amides is 1. The van der Waals surface area contributed by atoms with Crippen LogP contribution in [0.1, 0.15) is 11.1 Å². The normalized spacial score (nSPS) is 11.4. The first-order chi connectivity index (χ1) is 17.8. The van der Waals surface area contributed by atoms with E-state index in [1.807, 2.05) is 48.5 Å². The second kappa shape index (κ2) is 11.6. The van der Waals surface area contributed by atoms with Crippen molar-refractivity contribution in [2.45, 2.75) is 6.61 Å². The summed E-state index contributed by atoms with van der Waals surface area (Å²) < 4.78 is 36.6. The van der Waals surface area contributed by atoms with Gasteiger partial charge in [0.15, 0.2) is 0 Å². The largest absolute Gasteiger partial charge is 0.497 e. The molecule has 0 saturated heterocycles. The average molecular weight is 518 g/mol. The minimum Gasteiger partial charge on any atom is -0.497 e. The van der Waals surface area contributed by atoms with Crippen LogP contribution in [0.5, 0.6) is 11.5 Å². The van der Waals surface area contributed by atoms with E-state index in [2.05, 4.69) is 28.7 Å². The quantitative estimate of drug-likeness (QED) is 0.249. The number of benzene rings is 4. The summed E-state index contributed by atoms with van der Waals surface area (Å²) in [6.45, 7) is 0.0132. The monoisotopic (exact) mass is 517 g/mol. The smallest absolute Gasteiger partial charge is 0.260 e. The molecule has 1 amide bonds.